The van der Waals surface area contributed by atoms with Crippen molar-refractivity contribution in [1.29, 1.82) is 0 Å². The summed E-state index contributed by atoms with van der Waals surface area (Å²) in [6.07, 6.45) is 1.69. The Balaban J connectivity index is 1.56. The molecule has 3 aromatic rings. The molecule has 32 heavy (non-hydrogen) atoms. The van der Waals surface area contributed by atoms with Gasteiger partial charge in [0.2, 0.25) is 0 Å². The topological polar surface area (TPSA) is 93.0 Å². The van der Waals surface area contributed by atoms with Gasteiger partial charge in [0.05, 0.1) is 29.8 Å². The van der Waals surface area contributed by atoms with Crippen LogP contribution in [0.15, 0.2) is 47.4 Å². The molecule has 0 aliphatic carbocycles. The standard InChI is InChI=1S/C22H20Cl2N4O4/c23-16-5-4-14(12-17(16)24)11-15(29)13-25-21(30)19-20(27-7-9-32-10-8-27)22(31)28-6-2-1-3-18(28)26-19/h1-6,12H,7-11,13H2,(H,25,30). The van der Waals surface area contributed by atoms with Gasteiger partial charge in [0, 0.05) is 25.7 Å². The number of halogens is 2. The smallest absolute Gasteiger partial charge is 0.282 e. The van der Waals surface area contributed by atoms with Crippen LogP contribution in [0.3, 0.4) is 0 Å². The van der Waals surface area contributed by atoms with Crippen LogP contribution in [-0.2, 0) is 16.0 Å². The summed E-state index contributed by atoms with van der Waals surface area (Å²) in [5, 5.41) is 3.36. The first kappa shape index (κ1) is 22.3. The number of nitrogens with one attached hydrogen (secondary N) is 1. The number of carbonyl (C=O) groups excluding carboxylic acids is 2. The van der Waals surface area contributed by atoms with Gasteiger partial charge >= 0.3 is 0 Å². The van der Waals surface area contributed by atoms with Crippen molar-refractivity contribution in [3.8, 4) is 0 Å². The summed E-state index contributed by atoms with van der Waals surface area (Å²) in [4.78, 5) is 44.8. The third-order valence-electron chi connectivity index (χ3n) is 5.08. The van der Waals surface area contributed by atoms with Crippen LogP contribution in [-0.4, -0.2) is 53.9 Å². The van der Waals surface area contributed by atoms with Gasteiger partial charge in [-0.25, -0.2) is 4.98 Å². The molecule has 0 bridgehead atoms. The summed E-state index contributed by atoms with van der Waals surface area (Å²) in [5.41, 5.74) is 0.887. The number of hydrogen-bond acceptors (Lipinski definition) is 6. The molecule has 1 saturated heterocycles. The number of aromatic nitrogens is 2. The summed E-state index contributed by atoms with van der Waals surface area (Å²) in [5.74, 6) is -0.806. The zero-order chi connectivity index (χ0) is 22.7. The van der Waals surface area contributed by atoms with E-state index in [1.165, 1.54) is 4.40 Å². The molecule has 0 radical (unpaired) electrons. The Kier molecular flexibility index (Phi) is 6.74. The maximum absolute atomic E-state index is 13.2. The van der Waals surface area contributed by atoms with Crippen molar-refractivity contribution in [2.24, 2.45) is 0 Å². The van der Waals surface area contributed by atoms with Crippen LogP contribution >= 0.6 is 23.2 Å². The molecule has 0 spiro atoms. The van der Waals surface area contributed by atoms with E-state index in [4.69, 9.17) is 27.9 Å². The van der Waals surface area contributed by atoms with Crippen LogP contribution in [0.2, 0.25) is 10.0 Å². The SMILES string of the molecule is O=C(CNC(=O)c1nc2ccccn2c(=O)c1N1CCOCC1)Cc1ccc(Cl)c(Cl)c1. The highest BCUT2D eigenvalue weighted by molar-refractivity contribution is 6.42. The van der Waals surface area contributed by atoms with E-state index in [2.05, 4.69) is 10.3 Å². The Hall–Kier alpha value is -2.94. The molecule has 3 heterocycles. The average molecular weight is 475 g/mol. The Labute approximate surface area is 193 Å². The van der Waals surface area contributed by atoms with E-state index >= 15 is 0 Å². The number of nitrogens with zero attached hydrogens (tertiary/aromatic N) is 3. The van der Waals surface area contributed by atoms with Crippen molar-refractivity contribution in [1.82, 2.24) is 14.7 Å². The lowest BCUT2D eigenvalue weighted by molar-refractivity contribution is -0.117. The quantitative estimate of drug-likeness (QED) is 0.589. The highest BCUT2D eigenvalue weighted by atomic mass is 35.5. The molecule has 8 nitrogen and oxygen atoms in total. The molecule has 1 fully saturated rings. The van der Waals surface area contributed by atoms with Crippen molar-refractivity contribution in [2.45, 2.75) is 6.42 Å². The highest BCUT2D eigenvalue weighted by Crippen LogP contribution is 2.23. The van der Waals surface area contributed by atoms with Gasteiger partial charge in [-0.3, -0.25) is 18.8 Å². The van der Waals surface area contributed by atoms with Gasteiger partial charge in [0.25, 0.3) is 11.5 Å². The molecule has 4 rings (SSSR count). The van der Waals surface area contributed by atoms with Crippen molar-refractivity contribution >= 4 is 46.2 Å². The first-order valence-electron chi connectivity index (χ1n) is 10.0. The molecule has 1 aliphatic rings. The number of hydrogen-bond donors (Lipinski definition) is 1. The van der Waals surface area contributed by atoms with E-state index in [9.17, 15) is 14.4 Å². The summed E-state index contributed by atoms with van der Waals surface area (Å²) < 4.78 is 6.77. The minimum absolute atomic E-state index is 0.00885. The summed E-state index contributed by atoms with van der Waals surface area (Å²) in [6, 6.07) is 10.0. The number of anilines is 1. The first-order valence-corrected chi connectivity index (χ1v) is 10.8. The van der Waals surface area contributed by atoms with Crippen LogP contribution in [0.4, 0.5) is 5.69 Å². The molecule has 1 aromatic carbocycles. The zero-order valence-corrected chi connectivity index (χ0v) is 18.5. The molecule has 2 aromatic heterocycles. The van der Waals surface area contributed by atoms with E-state index < -0.39 is 5.91 Å². The fourth-order valence-corrected chi connectivity index (χ4v) is 3.83. The predicted molar refractivity (Wildman–Crippen MR) is 122 cm³/mol. The number of Topliss-reactive ketones (excluding diaryl/α,β-unsaturated/α-hetero) is 1. The van der Waals surface area contributed by atoms with Gasteiger partial charge in [0.15, 0.2) is 11.5 Å². The largest absolute Gasteiger partial charge is 0.378 e. The minimum atomic E-state index is -0.586. The van der Waals surface area contributed by atoms with Gasteiger partial charge in [-0.1, -0.05) is 35.3 Å². The van der Waals surface area contributed by atoms with Gasteiger partial charge in [-0.05, 0) is 29.8 Å². The maximum atomic E-state index is 13.2. The summed E-state index contributed by atoms with van der Waals surface area (Å²) in [7, 11) is 0. The van der Waals surface area contributed by atoms with Gasteiger partial charge in [0.1, 0.15) is 11.3 Å². The van der Waals surface area contributed by atoms with Crippen LogP contribution in [0.25, 0.3) is 5.65 Å². The second-order valence-corrected chi connectivity index (χ2v) is 8.10. The van der Waals surface area contributed by atoms with Crippen LogP contribution in [0.5, 0.6) is 0 Å². The molecular weight excluding hydrogens is 455 g/mol. The molecule has 1 aliphatic heterocycles. The Morgan fingerprint density at radius 2 is 1.88 bits per heavy atom. The monoisotopic (exact) mass is 474 g/mol. The second-order valence-electron chi connectivity index (χ2n) is 7.29. The lowest BCUT2D eigenvalue weighted by atomic mass is 10.1. The Morgan fingerprint density at radius 3 is 2.62 bits per heavy atom. The van der Waals surface area contributed by atoms with Gasteiger partial charge in [-0.15, -0.1) is 0 Å². The van der Waals surface area contributed by atoms with E-state index in [1.807, 2.05) is 0 Å². The zero-order valence-electron chi connectivity index (χ0n) is 17.0. The van der Waals surface area contributed by atoms with Gasteiger partial charge < -0.3 is 15.0 Å². The summed E-state index contributed by atoms with van der Waals surface area (Å²) >= 11 is 11.9. The summed E-state index contributed by atoms with van der Waals surface area (Å²) in [6.45, 7) is 1.61. The second kappa shape index (κ2) is 9.68. The number of pyridine rings is 1. The van der Waals surface area contributed by atoms with E-state index in [1.54, 1.807) is 47.5 Å². The van der Waals surface area contributed by atoms with Crippen molar-refractivity contribution in [3.63, 3.8) is 0 Å². The Morgan fingerprint density at radius 1 is 1.09 bits per heavy atom. The number of rotatable bonds is 6. The fraction of sp³-hybridized carbons (Fsp3) is 0.273. The number of ether oxygens (including phenoxy) is 1. The normalized spacial score (nSPS) is 13.9. The van der Waals surface area contributed by atoms with E-state index in [0.717, 1.165) is 0 Å². The number of amides is 1. The van der Waals surface area contributed by atoms with Gasteiger partial charge in [-0.2, -0.15) is 0 Å². The molecular formula is C22H20Cl2N4O4. The molecule has 1 N–H and O–H groups in total. The fourth-order valence-electron chi connectivity index (χ4n) is 3.51. The molecule has 0 unspecified atom stereocenters. The number of fused-ring (bicyclic) bond motifs is 1. The predicted octanol–water partition coefficient (Wildman–Crippen LogP) is 2.38. The Bertz CT molecular complexity index is 1240. The molecule has 10 heteroatoms. The average Bonchev–Trinajstić information content (AvgIpc) is 2.80. The molecule has 0 saturated carbocycles. The molecule has 1 amide bonds. The number of benzene rings is 1. The van der Waals surface area contributed by atoms with Crippen LogP contribution in [0.1, 0.15) is 16.1 Å². The minimum Gasteiger partial charge on any atom is -0.378 e. The van der Waals surface area contributed by atoms with Crippen molar-refractivity contribution in [2.75, 3.05) is 37.7 Å². The maximum Gasteiger partial charge on any atom is 0.282 e. The lowest BCUT2D eigenvalue weighted by Gasteiger charge is -2.29. The van der Waals surface area contributed by atoms with Crippen LogP contribution < -0.4 is 15.8 Å². The third-order valence-corrected chi connectivity index (χ3v) is 5.82. The van der Waals surface area contributed by atoms with Crippen LogP contribution in [0, 0.1) is 0 Å². The highest BCUT2D eigenvalue weighted by Gasteiger charge is 2.25. The molecule has 166 valence electrons. The molecule has 0 atom stereocenters. The number of carbonyl (C=O) groups is 2. The number of ketones is 1. The van der Waals surface area contributed by atoms with Crippen molar-refractivity contribution < 1.29 is 14.3 Å². The third kappa shape index (κ3) is 4.77. The van der Waals surface area contributed by atoms with Crippen molar-refractivity contribution in [3.05, 3.63) is 74.3 Å². The number of morpholine rings is 1. The van der Waals surface area contributed by atoms with E-state index in [-0.39, 0.29) is 35.7 Å². The van der Waals surface area contributed by atoms with E-state index in [0.29, 0.717) is 47.6 Å². The lowest BCUT2D eigenvalue weighted by Crippen LogP contribution is -2.43. The first-order chi connectivity index (χ1) is 15.4.